The van der Waals surface area contributed by atoms with Crippen molar-refractivity contribution in [2.45, 2.75) is 38.6 Å². The predicted molar refractivity (Wildman–Crippen MR) is 99.6 cm³/mol. The number of aromatic carboxylic acids is 1. The van der Waals surface area contributed by atoms with Crippen LogP contribution in [-0.4, -0.2) is 26.4 Å². The van der Waals surface area contributed by atoms with Crippen LogP contribution >= 0.6 is 0 Å². The number of hydrogen-bond donors (Lipinski definition) is 1. The molecule has 0 amide bonds. The SMILES string of the molecule is CC(=O)c1cccc(-c2nc3cc(C(=O)O)ccc3n2C2CCCC2)c1. The van der Waals surface area contributed by atoms with Gasteiger partial charge in [-0.25, -0.2) is 9.78 Å². The fourth-order valence-corrected chi connectivity index (χ4v) is 3.84. The molecular formula is C21H20N2O3. The third kappa shape index (κ3) is 2.79. The molecule has 1 aromatic heterocycles. The van der Waals surface area contributed by atoms with E-state index in [9.17, 15) is 14.7 Å². The van der Waals surface area contributed by atoms with Crippen molar-refractivity contribution in [2.24, 2.45) is 0 Å². The van der Waals surface area contributed by atoms with Gasteiger partial charge in [-0.1, -0.05) is 31.0 Å². The van der Waals surface area contributed by atoms with E-state index in [0.29, 0.717) is 17.1 Å². The Morgan fingerprint density at radius 2 is 1.85 bits per heavy atom. The Bertz CT molecular complexity index is 1010. The molecule has 1 fully saturated rings. The number of hydrogen-bond acceptors (Lipinski definition) is 3. The summed E-state index contributed by atoms with van der Waals surface area (Å²) in [6.07, 6.45) is 4.55. The van der Waals surface area contributed by atoms with Crippen molar-refractivity contribution in [2.75, 3.05) is 0 Å². The number of benzene rings is 2. The second-order valence-corrected chi connectivity index (χ2v) is 6.89. The zero-order chi connectivity index (χ0) is 18.3. The van der Waals surface area contributed by atoms with E-state index < -0.39 is 5.97 Å². The summed E-state index contributed by atoms with van der Waals surface area (Å²) < 4.78 is 2.23. The lowest BCUT2D eigenvalue weighted by Gasteiger charge is -2.17. The van der Waals surface area contributed by atoms with Gasteiger partial charge in [0.05, 0.1) is 16.6 Å². The summed E-state index contributed by atoms with van der Waals surface area (Å²) in [4.78, 5) is 27.8. The number of carbonyl (C=O) groups excluding carboxylic acids is 1. The first-order chi connectivity index (χ1) is 12.5. The number of nitrogens with zero attached hydrogens (tertiary/aromatic N) is 2. The van der Waals surface area contributed by atoms with Crippen molar-refractivity contribution in [1.29, 1.82) is 0 Å². The Kier molecular flexibility index (Phi) is 4.07. The van der Waals surface area contributed by atoms with Crippen molar-refractivity contribution in [3.05, 3.63) is 53.6 Å². The maximum Gasteiger partial charge on any atom is 0.335 e. The molecule has 0 spiro atoms. The van der Waals surface area contributed by atoms with Crippen molar-refractivity contribution >= 4 is 22.8 Å². The minimum atomic E-state index is -0.956. The lowest BCUT2D eigenvalue weighted by atomic mass is 10.1. The number of rotatable bonds is 4. The maximum absolute atomic E-state index is 11.8. The number of carbonyl (C=O) groups is 2. The van der Waals surface area contributed by atoms with Crippen LogP contribution in [0.5, 0.6) is 0 Å². The van der Waals surface area contributed by atoms with Gasteiger partial charge in [-0.05, 0) is 44.0 Å². The van der Waals surface area contributed by atoms with Gasteiger partial charge in [-0.3, -0.25) is 4.79 Å². The van der Waals surface area contributed by atoms with Crippen molar-refractivity contribution < 1.29 is 14.7 Å². The van der Waals surface area contributed by atoms with Crippen LogP contribution in [0.15, 0.2) is 42.5 Å². The Morgan fingerprint density at radius 1 is 1.08 bits per heavy atom. The highest BCUT2D eigenvalue weighted by Gasteiger charge is 2.24. The zero-order valence-corrected chi connectivity index (χ0v) is 14.6. The molecule has 0 atom stereocenters. The van der Waals surface area contributed by atoms with Gasteiger partial charge in [0, 0.05) is 17.2 Å². The highest BCUT2D eigenvalue weighted by atomic mass is 16.4. The van der Waals surface area contributed by atoms with E-state index in [1.165, 1.54) is 12.8 Å². The normalized spacial score (nSPS) is 14.8. The van der Waals surface area contributed by atoms with Gasteiger partial charge < -0.3 is 9.67 Å². The van der Waals surface area contributed by atoms with Crippen molar-refractivity contribution in [3.8, 4) is 11.4 Å². The van der Waals surface area contributed by atoms with E-state index >= 15 is 0 Å². The van der Waals surface area contributed by atoms with Gasteiger partial charge in [0.1, 0.15) is 5.82 Å². The summed E-state index contributed by atoms with van der Waals surface area (Å²) in [6.45, 7) is 1.55. The molecule has 1 heterocycles. The molecule has 0 saturated heterocycles. The average molecular weight is 348 g/mol. The molecule has 5 nitrogen and oxygen atoms in total. The molecule has 3 aromatic rings. The Morgan fingerprint density at radius 3 is 2.54 bits per heavy atom. The predicted octanol–water partition coefficient (Wildman–Crippen LogP) is 4.72. The van der Waals surface area contributed by atoms with Gasteiger partial charge in [-0.2, -0.15) is 0 Å². The van der Waals surface area contributed by atoms with E-state index in [1.807, 2.05) is 24.3 Å². The maximum atomic E-state index is 11.8. The second kappa shape index (κ2) is 6.41. The Balaban J connectivity index is 1.94. The lowest BCUT2D eigenvalue weighted by molar-refractivity contribution is 0.0696. The number of fused-ring (bicyclic) bond motifs is 1. The lowest BCUT2D eigenvalue weighted by Crippen LogP contribution is -2.07. The third-order valence-corrected chi connectivity index (χ3v) is 5.15. The summed E-state index contributed by atoms with van der Waals surface area (Å²) in [5.41, 5.74) is 3.40. The van der Waals surface area contributed by atoms with Crippen LogP contribution in [-0.2, 0) is 0 Å². The highest BCUT2D eigenvalue weighted by molar-refractivity contribution is 5.96. The molecule has 1 saturated carbocycles. The van der Waals surface area contributed by atoms with Crippen LogP contribution in [0.25, 0.3) is 22.4 Å². The molecule has 2 aromatic carbocycles. The molecule has 5 heteroatoms. The fourth-order valence-electron chi connectivity index (χ4n) is 3.84. The largest absolute Gasteiger partial charge is 0.478 e. The molecule has 1 aliphatic rings. The highest BCUT2D eigenvalue weighted by Crippen LogP contribution is 2.37. The van der Waals surface area contributed by atoms with E-state index in [2.05, 4.69) is 4.57 Å². The van der Waals surface area contributed by atoms with Gasteiger partial charge >= 0.3 is 5.97 Å². The third-order valence-electron chi connectivity index (χ3n) is 5.15. The topological polar surface area (TPSA) is 72.2 Å². The molecule has 0 aliphatic heterocycles. The standard InChI is InChI=1S/C21H20N2O3/c1-13(24)14-5-4-6-15(11-14)20-22-18-12-16(21(25)26)9-10-19(18)23(20)17-7-2-3-8-17/h4-6,9-12,17H,2-3,7-8H2,1H3,(H,25,26). The monoisotopic (exact) mass is 348 g/mol. The van der Waals surface area contributed by atoms with Crippen molar-refractivity contribution in [1.82, 2.24) is 9.55 Å². The quantitative estimate of drug-likeness (QED) is 0.693. The van der Waals surface area contributed by atoms with Gasteiger partial charge in [0.15, 0.2) is 5.78 Å². The number of Topliss-reactive ketones (excluding diaryl/α,β-unsaturated/α-hetero) is 1. The molecule has 0 radical (unpaired) electrons. The summed E-state index contributed by atoms with van der Waals surface area (Å²) in [5.74, 6) is -0.136. The number of carboxylic acids is 1. The van der Waals surface area contributed by atoms with Crippen LogP contribution < -0.4 is 0 Å². The first-order valence-electron chi connectivity index (χ1n) is 8.91. The summed E-state index contributed by atoms with van der Waals surface area (Å²) in [7, 11) is 0. The van der Waals surface area contributed by atoms with Crippen LogP contribution in [0.3, 0.4) is 0 Å². The minimum Gasteiger partial charge on any atom is -0.478 e. The Hall–Kier alpha value is -2.95. The second-order valence-electron chi connectivity index (χ2n) is 6.89. The first kappa shape index (κ1) is 16.5. The van der Waals surface area contributed by atoms with E-state index in [1.54, 1.807) is 25.1 Å². The fraction of sp³-hybridized carbons (Fsp3) is 0.286. The summed E-state index contributed by atoms with van der Waals surface area (Å²) in [5, 5.41) is 9.27. The van der Waals surface area contributed by atoms with Gasteiger partial charge in [0.25, 0.3) is 0 Å². The van der Waals surface area contributed by atoms with E-state index in [0.717, 1.165) is 29.7 Å². The molecule has 0 bridgehead atoms. The molecular weight excluding hydrogens is 328 g/mol. The zero-order valence-electron chi connectivity index (χ0n) is 14.6. The van der Waals surface area contributed by atoms with Crippen molar-refractivity contribution in [3.63, 3.8) is 0 Å². The molecule has 132 valence electrons. The smallest absolute Gasteiger partial charge is 0.335 e. The van der Waals surface area contributed by atoms with E-state index in [4.69, 9.17) is 4.98 Å². The average Bonchev–Trinajstić information content (AvgIpc) is 3.28. The molecule has 26 heavy (non-hydrogen) atoms. The van der Waals surface area contributed by atoms with E-state index in [-0.39, 0.29) is 11.3 Å². The minimum absolute atomic E-state index is 0.0172. The Labute approximate surface area is 151 Å². The molecule has 4 rings (SSSR count). The van der Waals surface area contributed by atoms with Crippen LogP contribution in [0.2, 0.25) is 0 Å². The number of aromatic nitrogens is 2. The van der Waals surface area contributed by atoms with Gasteiger partial charge in [0.2, 0.25) is 0 Å². The van der Waals surface area contributed by atoms with Crippen LogP contribution in [0, 0.1) is 0 Å². The first-order valence-corrected chi connectivity index (χ1v) is 8.91. The number of ketones is 1. The summed E-state index contributed by atoms with van der Waals surface area (Å²) in [6, 6.07) is 13.0. The number of carboxylic acid groups (broad SMARTS) is 1. The van der Waals surface area contributed by atoms with Gasteiger partial charge in [-0.15, -0.1) is 0 Å². The van der Waals surface area contributed by atoms with Crippen LogP contribution in [0.1, 0.15) is 59.4 Å². The van der Waals surface area contributed by atoms with Crippen LogP contribution in [0.4, 0.5) is 0 Å². The number of imidazole rings is 1. The summed E-state index contributed by atoms with van der Waals surface area (Å²) >= 11 is 0. The molecule has 1 N–H and O–H groups in total. The molecule has 1 aliphatic carbocycles. The molecule has 0 unspecified atom stereocenters.